The highest BCUT2D eigenvalue weighted by atomic mass is 16.6. The van der Waals surface area contributed by atoms with Gasteiger partial charge in [-0.15, -0.1) is 0 Å². The quantitative estimate of drug-likeness (QED) is 0.744. The molecule has 0 saturated heterocycles. The monoisotopic (exact) mass is 257 g/mol. The predicted octanol–water partition coefficient (Wildman–Crippen LogP) is 2.96. The molecular weight excluding hydrogens is 230 g/mol. The highest BCUT2D eigenvalue weighted by Gasteiger charge is 2.30. The molecule has 0 spiro atoms. The third-order valence-electron chi connectivity index (χ3n) is 3.66. The van der Waals surface area contributed by atoms with Crippen molar-refractivity contribution in [1.29, 1.82) is 0 Å². The minimum atomic E-state index is -0.274. The van der Waals surface area contributed by atoms with Crippen LogP contribution in [0, 0.1) is 11.8 Å². The fraction of sp³-hybridized carbons (Fsp3) is 0.929. The Morgan fingerprint density at radius 3 is 2.72 bits per heavy atom. The van der Waals surface area contributed by atoms with Crippen LogP contribution in [0.4, 0.5) is 4.79 Å². The van der Waals surface area contributed by atoms with Gasteiger partial charge in [-0.2, -0.15) is 0 Å². The van der Waals surface area contributed by atoms with E-state index in [1.165, 1.54) is 19.3 Å². The SMILES string of the molecule is COCCCNC(=O)O[C@H]1CCCC[C@@H]1C(C)C. The fourth-order valence-electron chi connectivity index (χ4n) is 2.62. The first-order chi connectivity index (χ1) is 8.65. The van der Waals surface area contributed by atoms with Crippen LogP contribution in [0.5, 0.6) is 0 Å². The molecule has 0 unspecified atom stereocenters. The smallest absolute Gasteiger partial charge is 0.407 e. The second kappa shape index (κ2) is 8.35. The molecule has 1 aliphatic rings. The topological polar surface area (TPSA) is 47.6 Å². The molecule has 4 nitrogen and oxygen atoms in total. The van der Waals surface area contributed by atoms with Crippen LogP contribution in [0.2, 0.25) is 0 Å². The van der Waals surface area contributed by atoms with E-state index in [1.54, 1.807) is 7.11 Å². The lowest BCUT2D eigenvalue weighted by atomic mass is 9.79. The predicted molar refractivity (Wildman–Crippen MR) is 71.6 cm³/mol. The molecule has 2 atom stereocenters. The highest BCUT2D eigenvalue weighted by molar-refractivity contribution is 5.67. The Balaban J connectivity index is 2.28. The van der Waals surface area contributed by atoms with Gasteiger partial charge in [-0.1, -0.05) is 20.3 Å². The van der Waals surface area contributed by atoms with Crippen LogP contribution in [0.1, 0.15) is 46.0 Å². The van der Waals surface area contributed by atoms with Crippen molar-refractivity contribution in [2.75, 3.05) is 20.3 Å². The van der Waals surface area contributed by atoms with Crippen LogP contribution >= 0.6 is 0 Å². The molecule has 106 valence electrons. The zero-order chi connectivity index (χ0) is 13.4. The summed E-state index contributed by atoms with van der Waals surface area (Å²) in [6.45, 7) is 5.70. The lowest BCUT2D eigenvalue weighted by Crippen LogP contribution is -2.37. The standard InChI is InChI=1S/C14H27NO3/c1-11(2)12-7-4-5-8-13(12)18-14(16)15-9-6-10-17-3/h11-13H,4-10H2,1-3H3,(H,15,16)/t12-,13+/m1/s1. The number of ether oxygens (including phenoxy) is 2. The van der Waals surface area contributed by atoms with Crippen molar-refractivity contribution in [3.63, 3.8) is 0 Å². The molecule has 4 heteroatoms. The number of nitrogens with one attached hydrogen (secondary N) is 1. The summed E-state index contributed by atoms with van der Waals surface area (Å²) < 4.78 is 10.5. The van der Waals surface area contributed by atoms with Gasteiger partial charge < -0.3 is 14.8 Å². The highest BCUT2D eigenvalue weighted by Crippen LogP contribution is 2.32. The number of alkyl carbamates (subject to hydrolysis) is 1. The van der Waals surface area contributed by atoms with E-state index in [1.807, 2.05) is 0 Å². The summed E-state index contributed by atoms with van der Waals surface area (Å²) in [7, 11) is 1.66. The molecular formula is C14H27NO3. The fourth-order valence-corrected chi connectivity index (χ4v) is 2.62. The zero-order valence-corrected chi connectivity index (χ0v) is 11.9. The summed E-state index contributed by atoms with van der Waals surface area (Å²) in [4.78, 5) is 11.7. The third kappa shape index (κ3) is 5.25. The van der Waals surface area contributed by atoms with Crippen LogP contribution in [0.15, 0.2) is 0 Å². The van der Waals surface area contributed by atoms with E-state index in [-0.39, 0.29) is 12.2 Å². The van der Waals surface area contributed by atoms with Gasteiger partial charge in [-0.3, -0.25) is 0 Å². The largest absolute Gasteiger partial charge is 0.446 e. The summed E-state index contributed by atoms with van der Waals surface area (Å²) in [5.74, 6) is 1.10. The maximum atomic E-state index is 11.7. The van der Waals surface area contributed by atoms with Gasteiger partial charge in [-0.25, -0.2) is 4.79 Å². The number of carbonyl (C=O) groups is 1. The Labute approximate surface area is 110 Å². The van der Waals surface area contributed by atoms with E-state index >= 15 is 0 Å². The lowest BCUT2D eigenvalue weighted by Gasteiger charge is -2.33. The Bertz CT molecular complexity index is 243. The minimum absolute atomic E-state index is 0.0983. The van der Waals surface area contributed by atoms with Crippen molar-refractivity contribution in [2.24, 2.45) is 11.8 Å². The third-order valence-corrected chi connectivity index (χ3v) is 3.66. The number of hydrogen-bond donors (Lipinski definition) is 1. The molecule has 0 aromatic carbocycles. The van der Waals surface area contributed by atoms with E-state index in [2.05, 4.69) is 19.2 Å². The van der Waals surface area contributed by atoms with Crippen molar-refractivity contribution < 1.29 is 14.3 Å². The average molecular weight is 257 g/mol. The van der Waals surface area contributed by atoms with Crippen LogP contribution in [0.3, 0.4) is 0 Å². The van der Waals surface area contributed by atoms with Gasteiger partial charge in [0.05, 0.1) is 0 Å². The van der Waals surface area contributed by atoms with Gasteiger partial charge in [0.25, 0.3) is 0 Å². The molecule has 0 bridgehead atoms. The van der Waals surface area contributed by atoms with Gasteiger partial charge in [0, 0.05) is 20.3 Å². The second-order valence-electron chi connectivity index (χ2n) is 5.41. The van der Waals surface area contributed by atoms with Gasteiger partial charge in [0.1, 0.15) is 6.10 Å². The normalized spacial score (nSPS) is 24.0. The summed E-state index contributed by atoms with van der Waals surface area (Å²) >= 11 is 0. The van der Waals surface area contributed by atoms with E-state index in [4.69, 9.17) is 9.47 Å². The maximum Gasteiger partial charge on any atom is 0.407 e. The first kappa shape index (κ1) is 15.3. The van der Waals surface area contributed by atoms with Crippen molar-refractivity contribution in [1.82, 2.24) is 5.32 Å². The van der Waals surface area contributed by atoms with Crippen molar-refractivity contribution in [2.45, 2.75) is 52.1 Å². The van der Waals surface area contributed by atoms with Gasteiger partial charge >= 0.3 is 6.09 Å². The molecule has 1 N–H and O–H groups in total. The van der Waals surface area contributed by atoms with Crippen molar-refractivity contribution in [3.05, 3.63) is 0 Å². The summed E-state index contributed by atoms with van der Waals surface area (Å²) in [5.41, 5.74) is 0. The molecule has 1 saturated carbocycles. The summed E-state index contributed by atoms with van der Waals surface area (Å²) in [6.07, 6.45) is 5.27. The molecule has 0 radical (unpaired) electrons. The molecule has 1 fully saturated rings. The Hall–Kier alpha value is -0.770. The number of methoxy groups -OCH3 is 1. The number of amides is 1. The average Bonchev–Trinajstić information content (AvgIpc) is 2.35. The number of carbonyl (C=O) groups excluding carboxylic acids is 1. The Kier molecular flexibility index (Phi) is 7.09. The van der Waals surface area contributed by atoms with Crippen LogP contribution in [0.25, 0.3) is 0 Å². The van der Waals surface area contributed by atoms with E-state index in [9.17, 15) is 4.79 Å². The van der Waals surface area contributed by atoms with Crippen LogP contribution < -0.4 is 5.32 Å². The molecule has 0 aromatic rings. The number of rotatable bonds is 6. The first-order valence-corrected chi connectivity index (χ1v) is 7.08. The summed E-state index contributed by atoms with van der Waals surface area (Å²) in [5, 5.41) is 2.78. The molecule has 18 heavy (non-hydrogen) atoms. The lowest BCUT2D eigenvalue weighted by molar-refractivity contribution is 0.0203. The maximum absolute atomic E-state index is 11.7. The van der Waals surface area contributed by atoms with Gasteiger partial charge in [-0.05, 0) is 37.5 Å². The van der Waals surface area contributed by atoms with E-state index in [0.717, 1.165) is 12.8 Å². The van der Waals surface area contributed by atoms with Crippen LogP contribution in [-0.2, 0) is 9.47 Å². The van der Waals surface area contributed by atoms with Crippen LogP contribution in [-0.4, -0.2) is 32.5 Å². The first-order valence-electron chi connectivity index (χ1n) is 7.08. The van der Waals surface area contributed by atoms with Gasteiger partial charge in [0.15, 0.2) is 0 Å². The zero-order valence-electron chi connectivity index (χ0n) is 11.9. The molecule has 0 aromatic heterocycles. The second-order valence-corrected chi connectivity index (χ2v) is 5.41. The van der Waals surface area contributed by atoms with Gasteiger partial charge in [0.2, 0.25) is 0 Å². The molecule has 1 rings (SSSR count). The minimum Gasteiger partial charge on any atom is -0.446 e. The Morgan fingerprint density at radius 2 is 2.06 bits per heavy atom. The molecule has 0 aliphatic heterocycles. The van der Waals surface area contributed by atoms with Crippen molar-refractivity contribution in [3.8, 4) is 0 Å². The van der Waals surface area contributed by atoms with E-state index < -0.39 is 0 Å². The summed E-state index contributed by atoms with van der Waals surface area (Å²) in [6, 6.07) is 0. The van der Waals surface area contributed by atoms with Crippen molar-refractivity contribution >= 4 is 6.09 Å². The Morgan fingerprint density at radius 1 is 1.33 bits per heavy atom. The molecule has 1 amide bonds. The molecule has 1 aliphatic carbocycles. The molecule has 0 heterocycles. The van der Waals surface area contributed by atoms with E-state index in [0.29, 0.717) is 25.0 Å². The number of hydrogen-bond acceptors (Lipinski definition) is 3.